The fraction of sp³-hybridized carbons (Fsp3) is 0.500. The average molecular weight is 591 g/mol. The Morgan fingerprint density at radius 2 is 2.02 bits per heavy atom. The van der Waals surface area contributed by atoms with Crippen LogP contribution in [0.15, 0.2) is 30.5 Å². The first-order valence-electron chi connectivity index (χ1n) is 15.7. The zero-order valence-electron chi connectivity index (χ0n) is 28.4. The summed E-state index contributed by atoms with van der Waals surface area (Å²) in [4.78, 5) is 33.1. The second kappa shape index (κ2) is 11.9. The molecule has 11 heteroatoms. The van der Waals surface area contributed by atoms with Crippen molar-refractivity contribution in [3.05, 3.63) is 47.4 Å². The van der Waals surface area contributed by atoms with E-state index in [9.17, 15) is 7.54 Å². The third-order valence-corrected chi connectivity index (χ3v) is 7.64. The van der Waals surface area contributed by atoms with Crippen LogP contribution in [-0.2, 0) is 10.2 Å². The molecule has 230 valence electrons. The Balaban J connectivity index is 1.58. The molecule has 1 aromatic carbocycles. The van der Waals surface area contributed by atoms with Crippen molar-refractivity contribution in [3.8, 4) is 5.75 Å². The Bertz CT molecular complexity index is 1600. The van der Waals surface area contributed by atoms with Crippen LogP contribution in [0.2, 0.25) is 0 Å². The molecule has 5 rings (SSSR count). The minimum atomic E-state index is -2.00. The number of nitrogen functional groups attached to an aromatic ring is 1. The van der Waals surface area contributed by atoms with Crippen molar-refractivity contribution in [1.82, 2.24) is 19.9 Å². The number of aromatic nitrogens is 3. The van der Waals surface area contributed by atoms with Gasteiger partial charge in [-0.05, 0) is 65.9 Å². The van der Waals surface area contributed by atoms with E-state index in [2.05, 4.69) is 34.2 Å². The summed E-state index contributed by atoms with van der Waals surface area (Å²) in [6.07, 6.45) is 3.13. The van der Waals surface area contributed by atoms with Crippen LogP contribution in [0.1, 0.15) is 65.0 Å². The molecule has 3 aromatic rings. The standard InChI is InChI=1S/C32H44N8O3/c1-19(2)43-30(41)22-16-34-31(37-29(22)40-18-32(4,5)28-25(40)12-11-20(3)35-28)36-24-14-23(33)26(15-27(24)42-8)39-13-9-10-21(39)17-38(6)7/h11-12,14-16,19,21H,9-10,13,17-18,33H2,1-8H3,(H,34,36,37)/t21-/m1/s1/i18D2. The number of hydrogen-bond donors (Lipinski definition) is 2. The number of nitrogens with two attached hydrogens (primary N) is 1. The Morgan fingerprint density at radius 1 is 1.26 bits per heavy atom. The minimum absolute atomic E-state index is 0.0325. The Labute approximate surface area is 257 Å². The zero-order chi connectivity index (χ0) is 32.8. The molecule has 1 saturated heterocycles. The lowest BCUT2D eigenvalue weighted by atomic mass is 9.91. The van der Waals surface area contributed by atoms with E-state index in [1.54, 1.807) is 46.9 Å². The lowest BCUT2D eigenvalue weighted by Gasteiger charge is -2.30. The summed E-state index contributed by atoms with van der Waals surface area (Å²) >= 11 is 0. The van der Waals surface area contributed by atoms with Gasteiger partial charge in [0.05, 0.1) is 44.4 Å². The number of pyridine rings is 1. The van der Waals surface area contributed by atoms with Gasteiger partial charge in [-0.1, -0.05) is 13.8 Å². The lowest BCUT2D eigenvalue weighted by molar-refractivity contribution is 0.0378. The van der Waals surface area contributed by atoms with Crippen molar-refractivity contribution >= 4 is 40.5 Å². The van der Waals surface area contributed by atoms with Crippen LogP contribution in [0, 0.1) is 6.92 Å². The number of benzene rings is 1. The van der Waals surface area contributed by atoms with Crippen LogP contribution in [-0.4, -0.2) is 78.8 Å². The van der Waals surface area contributed by atoms with Crippen LogP contribution >= 0.6 is 0 Å². The van der Waals surface area contributed by atoms with Gasteiger partial charge in [-0.25, -0.2) is 9.78 Å². The zero-order valence-corrected chi connectivity index (χ0v) is 26.4. The topological polar surface area (TPSA) is 122 Å². The van der Waals surface area contributed by atoms with Crippen LogP contribution in [0.3, 0.4) is 0 Å². The first-order valence-corrected chi connectivity index (χ1v) is 14.7. The van der Waals surface area contributed by atoms with E-state index in [1.165, 1.54) is 11.1 Å². The number of likely N-dealkylation sites (N-methyl/N-ethyl adjacent to an activating group) is 1. The molecule has 2 aliphatic heterocycles. The van der Waals surface area contributed by atoms with Crippen LogP contribution in [0.25, 0.3) is 0 Å². The number of aryl methyl sites for hydroxylation is 1. The number of nitrogens with one attached hydrogen (secondary N) is 1. The smallest absolute Gasteiger partial charge is 0.343 e. The molecular formula is C32H44N8O3. The summed E-state index contributed by atoms with van der Waals surface area (Å²) in [5.74, 6) is 0.0849. The Morgan fingerprint density at radius 3 is 2.72 bits per heavy atom. The van der Waals surface area contributed by atoms with Crippen molar-refractivity contribution < 1.29 is 17.0 Å². The Hall–Kier alpha value is -4.12. The number of ether oxygens (including phenoxy) is 2. The molecule has 3 N–H and O–H groups in total. The molecule has 0 saturated carbocycles. The van der Waals surface area contributed by atoms with Crippen LogP contribution < -0.4 is 25.6 Å². The third-order valence-electron chi connectivity index (χ3n) is 7.64. The van der Waals surface area contributed by atoms with E-state index in [-0.39, 0.29) is 17.3 Å². The van der Waals surface area contributed by atoms with Crippen molar-refractivity contribution in [1.29, 1.82) is 0 Å². The van der Waals surface area contributed by atoms with Crippen molar-refractivity contribution in [2.24, 2.45) is 0 Å². The molecule has 1 fully saturated rings. The first-order chi connectivity index (χ1) is 21.1. The van der Waals surface area contributed by atoms with Crippen molar-refractivity contribution in [2.45, 2.75) is 65.0 Å². The Kier molecular flexibility index (Phi) is 7.65. The number of carbonyl (C=O) groups excluding carboxylic acids is 1. The average Bonchev–Trinajstić information content (AvgIpc) is 3.45. The monoisotopic (exact) mass is 590 g/mol. The highest BCUT2D eigenvalue weighted by Crippen LogP contribution is 2.44. The molecule has 0 unspecified atom stereocenters. The number of rotatable bonds is 9. The molecule has 1 atom stereocenters. The SMILES string of the molecule is [2H]C1([2H])N(c2nc(Nc3cc(N)c(N4CCC[C@@H]4CN(C)C)cc3OC)ncc2C(=O)OC(C)C)c2ccc(C)nc2C1(C)C. The maximum Gasteiger partial charge on any atom is 0.343 e. The number of nitrogens with zero attached hydrogens (tertiary/aromatic N) is 6. The van der Waals surface area contributed by atoms with Crippen LogP contribution in [0.5, 0.6) is 5.75 Å². The first kappa shape index (κ1) is 27.7. The second-order valence-corrected chi connectivity index (χ2v) is 12.3. The number of methoxy groups -OCH3 is 1. The van der Waals surface area contributed by atoms with Crippen LogP contribution in [0.4, 0.5) is 34.5 Å². The number of anilines is 6. The highest BCUT2D eigenvalue weighted by atomic mass is 16.5. The maximum absolute atomic E-state index is 13.3. The highest BCUT2D eigenvalue weighted by Gasteiger charge is 2.40. The highest BCUT2D eigenvalue weighted by molar-refractivity contribution is 5.96. The quantitative estimate of drug-likeness (QED) is 0.257. The van der Waals surface area contributed by atoms with Gasteiger partial charge < -0.3 is 35.2 Å². The lowest BCUT2D eigenvalue weighted by Crippen LogP contribution is -2.37. The molecule has 0 aliphatic carbocycles. The summed E-state index contributed by atoms with van der Waals surface area (Å²) < 4.78 is 29.8. The van der Waals surface area contributed by atoms with E-state index in [1.807, 2.05) is 19.1 Å². The fourth-order valence-electron chi connectivity index (χ4n) is 5.76. The summed E-state index contributed by atoms with van der Waals surface area (Å²) in [6, 6.07) is 7.68. The number of esters is 1. The summed E-state index contributed by atoms with van der Waals surface area (Å²) in [5.41, 5.74) is 9.50. The van der Waals surface area contributed by atoms with E-state index >= 15 is 0 Å². The molecule has 0 amide bonds. The summed E-state index contributed by atoms with van der Waals surface area (Å²) in [5, 5.41) is 3.21. The molecule has 2 aromatic heterocycles. The van der Waals surface area contributed by atoms with E-state index in [4.69, 9.17) is 25.2 Å². The van der Waals surface area contributed by atoms with Crippen molar-refractivity contribution in [2.75, 3.05) is 61.6 Å². The van der Waals surface area contributed by atoms with Gasteiger partial charge in [0.1, 0.15) is 11.3 Å². The minimum Gasteiger partial charge on any atom is -0.494 e. The van der Waals surface area contributed by atoms with Gasteiger partial charge in [-0.15, -0.1) is 0 Å². The van der Waals surface area contributed by atoms with E-state index in [0.29, 0.717) is 34.5 Å². The largest absolute Gasteiger partial charge is 0.494 e. The molecular weight excluding hydrogens is 544 g/mol. The molecule has 0 radical (unpaired) electrons. The van der Waals surface area contributed by atoms with Gasteiger partial charge >= 0.3 is 5.97 Å². The number of fused-ring (bicyclic) bond motifs is 1. The van der Waals surface area contributed by atoms with Gasteiger partial charge in [0.25, 0.3) is 0 Å². The molecule has 4 heterocycles. The molecule has 43 heavy (non-hydrogen) atoms. The van der Waals surface area contributed by atoms with Gasteiger partial charge in [0, 0.05) is 49.0 Å². The molecule has 0 spiro atoms. The fourth-order valence-corrected chi connectivity index (χ4v) is 5.76. The second-order valence-electron chi connectivity index (χ2n) is 12.3. The maximum atomic E-state index is 13.3. The normalized spacial score (nSPS) is 19.3. The summed E-state index contributed by atoms with van der Waals surface area (Å²) in [6.45, 7) is 8.78. The van der Waals surface area contributed by atoms with Gasteiger partial charge in [0.15, 0.2) is 5.82 Å². The molecule has 11 nitrogen and oxygen atoms in total. The summed E-state index contributed by atoms with van der Waals surface area (Å²) in [7, 11) is 5.73. The van der Waals surface area contributed by atoms with Crippen molar-refractivity contribution in [3.63, 3.8) is 0 Å². The van der Waals surface area contributed by atoms with Gasteiger partial charge in [-0.3, -0.25) is 4.98 Å². The van der Waals surface area contributed by atoms with E-state index < -0.39 is 24.0 Å². The number of carbonyl (C=O) groups is 1. The predicted octanol–water partition coefficient (Wildman–Crippen LogP) is 5.04. The van der Waals surface area contributed by atoms with Gasteiger partial charge in [-0.2, -0.15) is 4.98 Å². The number of hydrogen-bond acceptors (Lipinski definition) is 11. The predicted molar refractivity (Wildman–Crippen MR) is 171 cm³/mol. The van der Waals surface area contributed by atoms with E-state index in [0.717, 1.165) is 37.3 Å². The third kappa shape index (κ3) is 6.17. The van der Waals surface area contributed by atoms with Gasteiger partial charge in [0.2, 0.25) is 5.95 Å². The molecule has 2 aliphatic rings. The molecule has 0 bridgehead atoms.